The van der Waals surface area contributed by atoms with Crippen LogP contribution in [0.15, 0.2) is 28.0 Å². The first-order valence-electron chi connectivity index (χ1n) is 6.26. The maximum Gasteiger partial charge on any atom is 0.296 e. The molecule has 8 heteroatoms. The predicted molar refractivity (Wildman–Crippen MR) is 79.6 cm³/mol. The molecule has 3 rings (SSSR count). The highest BCUT2D eigenvalue weighted by Gasteiger charge is 2.15. The number of hydrogen-bond donors (Lipinski definition) is 1. The third-order valence-corrected chi connectivity index (χ3v) is 4.07. The van der Waals surface area contributed by atoms with E-state index in [1.165, 1.54) is 12.1 Å². The van der Waals surface area contributed by atoms with Crippen LogP contribution in [0.2, 0.25) is 0 Å². The number of anilines is 1. The summed E-state index contributed by atoms with van der Waals surface area (Å²) in [6.07, 6.45) is 0. The van der Waals surface area contributed by atoms with E-state index in [9.17, 15) is 10.1 Å². The van der Waals surface area contributed by atoms with Crippen molar-refractivity contribution < 1.29 is 9.34 Å². The lowest BCUT2D eigenvalue weighted by Crippen LogP contribution is -2.06. The second-order valence-electron chi connectivity index (χ2n) is 4.62. The number of nitrogens with one attached hydrogen (secondary N) is 1. The molecule has 0 radical (unpaired) electrons. The first-order chi connectivity index (χ1) is 10.0. The molecule has 0 aliphatic heterocycles. The van der Waals surface area contributed by atoms with Gasteiger partial charge in [-0.1, -0.05) is 0 Å². The lowest BCUT2D eigenvalue weighted by Gasteiger charge is -2.07. The summed E-state index contributed by atoms with van der Waals surface area (Å²) in [7, 11) is 0. The van der Waals surface area contributed by atoms with Crippen LogP contribution in [-0.2, 0) is 0 Å². The Bertz CT molecular complexity index is 811. The third-order valence-electron chi connectivity index (χ3n) is 2.93. The van der Waals surface area contributed by atoms with Gasteiger partial charge in [0, 0.05) is 23.2 Å². The normalized spacial score (nSPS) is 12.5. The Morgan fingerprint density at radius 3 is 2.90 bits per heavy atom. The summed E-state index contributed by atoms with van der Waals surface area (Å²) in [5.74, 6) is 0. The monoisotopic (exact) mass is 304 g/mol. The number of oxazole rings is 1. The van der Waals surface area contributed by atoms with Crippen molar-refractivity contribution in [3.8, 4) is 0 Å². The zero-order valence-electron chi connectivity index (χ0n) is 11.4. The van der Waals surface area contributed by atoms with Crippen LogP contribution in [0, 0.1) is 17.0 Å². The van der Waals surface area contributed by atoms with Crippen molar-refractivity contribution in [1.29, 1.82) is 0 Å². The molecule has 0 amide bonds. The predicted octanol–water partition coefficient (Wildman–Crippen LogP) is 3.67. The van der Waals surface area contributed by atoms with Gasteiger partial charge in [0.2, 0.25) is 0 Å². The summed E-state index contributed by atoms with van der Waals surface area (Å²) in [4.78, 5) is 18.9. The number of non-ortho nitro benzene ring substituents is 1. The highest BCUT2D eigenvalue weighted by atomic mass is 32.1. The van der Waals surface area contributed by atoms with Gasteiger partial charge in [-0.05, 0) is 19.9 Å². The van der Waals surface area contributed by atoms with Gasteiger partial charge >= 0.3 is 0 Å². The first kappa shape index (κ1) is 13.5. The molecule has 1 aromatic carbocycles. The largest absolute Gasteiger partial charge is 0.424 e. The molecule has 0 spiro atoms. The molecule has 2 aromatic heterocycles. The summed E-state index contributed by atoms with van der Waals surface area (Å²) >= 11 is 1.56. The average Bonchev–Trinajstić information content (AvgIpc) is 3.03. The van der Waals surface area contributed by atoms with Gasteiger partial charge in [0.1, 0.15) is 10.5 Å². The van der Waals surface area contributed by atoms with Gasteiger partial charge in [-0.25, -0.2) is 4.98 Å². The van der Waals surface area contributed by atoms with Crippen molar-refractivity contribution in [3.63, 3.8) is 0 Å². The third kappa shape index (κ3) is 2.70. The molecule has 0 bridgehead atoms. The Hall–Kier alpha value is -2.48. The number of thiazole rings is 1. The van der Waals surface area contributed by atoms with E-state index >= 15 is 0 Å². The smallest absolute Gasteiger partial charge is 0.296 e. The molecule has 3 aromatic rings. The molecule has 108 valence electrons. The molecule has 1 unspecified atom stereocenters. The number of aromatic nitrogens is 2. The fraction of sp³-hybridized carbons (Fsp3) is 0.231. The number of rotatable bonds is 4. The molecule has 7 nitrogen and oxygen atoms in total. The molecule has 1 N–H and O–H groups in total. The molecule has 2 heterocycles. The molecular formula is C13H12N4O3S. The summed E-state index contributed by atoms with van der Waals surface area (Å²) in [6, 6.07) is 4.61. The van der Waals surface area contributed by atoms with E-state index in [-0.39, 0.29) is 11.7 Å². The number of nitrogens with zero attached hydrogens (tertiary/aromatic N) is 3. The van der Waals surface area contributed by atoms with Crippen molar-refractivity contribution in [2.45, 2.75) is 19.9 Å². The van der Waals surface area contributed by atoms with Crippen molar-refractivity contribution in [3.05, 3.63) is 44.4 Å². The van der Waals surface area contributed by atoms with Crippen LogP contribution < -0.4 is 5.32 Å². The molecule has 0 aliphatic carbocycles. The summed E-state index contributed by atoms with van der Waals surface area (Å²) < 4.78 is 5.53. The SMILES string of the molecule is Cc1csc(C(C)Nc2nc3cc([N+](=O)[O-])ccc3o2)n1. The molecule has 0 saturated carbocycles. The van der Waals surface area contributed by atoms with Crippen LogP contribution in [0.25, 0.3) is 11.1 Å². The van der Waals surface area contributed by atoms with Gasteiger partial charge in [-0.15, -0.1) is 11.3 Å². The Morgan fingerprint density at radius 2 is 2.24 bits per heavy atom. The quantitative estimate of drug-likeness (QED) is 0.583. The Labute approximate surface area is 123 Å². The lowest BCUT2D eigenvalue weighted by atomic mass is 10.3. The van der Waals surface area contributed by atoms with Crippen molar-refractivity contribution in [2.75, 3.05) is 5.32 Å². The second kappa shape index (κ2) is 5.13. The number of nitro groups is 1. The van der Waals surface area contributed by atoms with Gasteiger partial charge in [0.05, 0.1) is 11.0 Å². The maximum atomic E-state index is 10.7. The Kier molecular flexibility index (Phi) is 3.30. The summed E-state index contributed by atoms with van der Waals surface area (Å²) in [5, 5.41) is 16.8. The minimum absolute atomic E-state index is 0.00838. The highest BCUT2D eigenvalue weighted by Crippen LogP contribution is 2.26. The molecule has 0 fully saturated rings. The van der Waals surface area contributed by atoms with Gasteiger partial charge in [0.25, 0.3) is 11.7 Å². The molecule has 1 atom stereocenters. The summed E-state index contributed by atoms with van der Waals surface area (Å²) in [6.45, 7) is 3.89. The van der Waals surface area contributed by atoms with Crippen LogP contribution in [-0.4, -0.2) is 14.9 Å². The van der Waals surface area contributed by atoms with Gasteiger partial charge in [0.15, 0.2) is 5.58 Å². The van der Waals surface area contributed by atoms with Crippen LogP contribution >= 0.6 is 11.3 Å². The van der Waals surface area contributed by atoms with Gasteiger partial charge in [-0.3, -0.25) is 10.1 Å². The number of aryl methyl sites for hydroxylation is 1. The zero-order valence-corrected chi connectivity index (χ0v) is 12.2. The van der Waals surface area contributed by atoms with E-state index in [1.54, 1.807) is 17.4 Å². The Balaban J connectivity index is 1.85. The minimum atomic E-state index is -0.456. The van der Waals surface area contributed by atoms with E-state index in [0.717, 1.165) is 10.7 Å². The number of nitro benzene ring substituents is 1. The fourth-order valence-corrected chi connectivity index (χ4v) is 2.71. The summed E-state index contributed by atoms with van der Waals surface area (Å²) in [5.41, 5.74) is 1.92. The van der Waals surface area contributed by atoms with Crippen LogP contribution in [0.4, 0.5) is 11.7 Å². The molecule has 0 aliphatic rings. The highest BCUT2D eigenvalue weighted by molar-refractivity contribution is 7.09. The number of fused-ring (bicyclic) bond motifs is 1. The van der Waals surface area contributed by atoms with Gasteiger partial charge in [-0.2, -0.15) is 4.98 Å². The van der Waals surface area contributed by atoms with E-state index in [4.69, 9.17) is 4.42 Å². The standard InChI is InChI=1S/C13H12N4O3S/c1-7-6-21-12(14-7)8(2)15-13-16-10-5-9(17(18)19)3-4-11(10)20-13/h3-6,8H,1-2H3,(H,15,16). The van der Waals surface area contributed by atoms with E-state index < -0.39 is 4.92 Å². The topological polar surface area (TPSA) is 94.1 Å². The van der Waals surface area contributed by atoms with Gasteiger partial charge < -0.3 is 9.73 Å². The maximum absolute atomic E-state index is 10.7. The van der Waals surface area contributed by atoms with E-state index in [2.05, 4.69) is 15.3 Å². The van der Waals surface area contributed by atoms with Crippen LogP contribution in [0.1, 0.15) is 23.7 Å². The average molecular weight is 304 g/mol. The van der Waals surface area contributed by atoms with E-state index in [1.807, 2.05) is 19.2 Å². The van der Waals surface area contributed by atoms with Crippen molar-refractivity contribution in [1.82, 2.24) is 9.97 Å². The number of benzene rings is 1. The van der Waals surface area contributed by atoms with E-state index in [0.29, 0.717) is 17.1 Å². The van der Waals surface area contributed by atoms with Crippen LogP contribution in [0.5, 0.6) is 0 Å². The fourth-order valence-electron chi connectivity index (χ4n) is 1.91. The Morgan fingerprint density at radius 1 is 1.43 bits per heavy atom. The lowest BCUT2D eigenvalue weighted by molar-refractivity contribution is -0.384. The molecular weight excluding hydrogens is 292 g/mol. The number of hydrogen-bond acceptors (Lipinski definition) is 7. The molecule has 0 saturated heterocycles. The minimum Gasteiger partial charge on any atom is -0.424 e. The first-order valence-corrected chi connectivity index (χ1v) is 7.14. The van der Waals surface area contributed by atoms with Crippen molar-refractivity contribution in [2.24, 2.45) is 0 Å². The van der Waals surface area contributed by atoms with Crippen LogP contribution in [0.3, 0.4) is 0 Å². The van der Waals surface area contributed by atoms with Crippen molar-refractivity contribution >= 4 is 34.1 Å². The second-order valence-corrected chi connectivity index (χ2v) is 5.51. The molecule has 21 heavy (non-hydrogen) atoms. The zero-order chi connectivity index (χ0) is 15.0.